The van der Waals surface area contributed by atoms with Gasteiger partial charge in [0.25, 0.3) is 0 Å². The van der Waals surface area contributed by atoms with E-state index in [1.165, 1.54) is 6.07 Å². The van der Waals surface area contributed by atoms with Crippen molar-refractivity contribution in [1.82, 2.24) is 0 Å². The van der Waals surface area contributed by atoms with Crippen molar-refractivity contribution in [3.63, 3.8) is 0 Å². The smallest absolute Gasteiger partial charge is 0.119 e. The third kappa shape index (κ3) is 2.94. The molecule has 3 nitrogen and oxygen atoms in total. The van der Waals surface area contributed by atoms with E-state index in [9.17, 15) is 15.3 Å². The molecule has 0 aliphatic rings. The fourth-order valence-electron chi connectivity index (χ4n) is 2.05. The summed E-state index contributed by atoms with van der Waals surface area (Å²) in [5.41, 5.74) is 1.99. The van der Waals surface area contributed by atoms with Gasteiger partial charge in [-0.25, -0.2) is 0 Å². The van der Waals surface area contributed by atoms with Crippen LogP contribution in [0.25, 0.3) is 0 Å². The van der Waals surface area contributed by atoms with Gasteiger partial charge in [-0.15, -0.1) is 0 Å². The zero-order valence-electron chi connectivity index (χ0n) is 10.2. The third-order valence-electron chi connectivity index (χ3n) is 2.97. The summed E-state index contributed by atoms with van der Waals surface area (Å²) >= 11 is 0. The van der Waals surface area contributed by atoms with Crippen molar-refractivity contribution in [2.75, 3.05) is 0 Å². The molecule has 0 spiro atoms. The van der Waals surface area contributed by atoms with Gasteiger partial charge in [0, 0.05) is 6.07 Å². The molecule has 0 heterocycles. The maximum Gasteiger partial charge on any atom is 0.119 e. The number of hydrogen-bond donors (Lipinski definition) is 3. The Morgan fingerprint density at radius 1 is 0.833 bits per heavy atom. The number of hydrogen-bond acceptors (Lipinski definition) is 3. The molecule has 0 aliphatic carbocycles. The molecule has 3 N–H and O–H groups in total. The summed E-state index contributed by atoms with van der Waals surface area (Å²) in [6, 6.07) is 11.7. The Hall–Kier alpha value is -2.16. The van der Waals surface area contributed by atoms with Gasteiger partial charge < -0.3 is 15.3 Å². The normalized spacial score (nSPS) is 12.3. The van der Waals surface area contributed by atoms with Crippen LogP contribution in [0.4, 0.5) is 0 Å². The molecule has 3 heteroatoms. The number of benzene rings is 2. The van der Waals surface area contributed by atoms with E-state index in [1.54, 1.807) is 24.3 Å². The molecule has 0 radical (unpaired) electrons. The first-order valence-electron chi connectivity index (χ1n) is 5.85. The van der Waals surface area contributed by atoms with Crippen molar-refractivity contribution in [3.8, 4) is 17.2 Å². The number of rotatable bonds is 3. The first-order valence-corrected chi connectivity index (χ1v) is 5.85. The van der Waals surface area contributed by atoms with Crippen molar-refractivity contribution in [1.29, 1.82) is 0 Å². The summed E-state index contributed by atoms with van der Waals surface area (Å²) in [5, 5.41) is 28.1. The van der Waals surface area contributed by atoms with Crippen LogP contribution in [0, 0.1) is 0 Å². The lowest BCUT2D eigenvalue weighted by Gasteiger charge is -2.12. The van der Waals surface area contributed by atoms with Gasteiger partial charge in [0.1, 0.15) is 17.2 Å². The second-order valence-corrected chi connectivity index (χ2v) is 4.55. The average Bonchev–Trinajstić information content (AvgIpc) is 2.28. The minimum atomic E-state index is 0.0721. The Bertz CT molecular complexity index is 512. The largest absolute Gasteiger partial charge is 0.508 e. The van der Waals surface area contributed by atoms with E-state index in [2.05, 4.69) is 6.92 Å². The van der Waals surface area contributed by atoms with Crippen LogP contribution in [0.1, 0.15) is 24.0 Å². The van der Waals surface area contributed by atoms with Crippen molar-refractivity contribution in [2.24, 2.45) is 0 Å². The molecule has 0 aliphatic heterocycles. The first kappa shape index (κ1) is 12.3. The van der Waals surface area contributed by atoms with E-state index in [0.29, 0.717) is 6.42 Å². The van der Waals surface area contributed by atoms with Crippen LogP contribution >= 0.6 is 0 Å². The topological polar surface area (TPSA) is 60.7 Å². The van der Waals surface area contributed by atoms with Crippen molar-refractivity contribution < 1.29 is 15.3 Å². The summed E-state index contributed by atoms with van der Waals surface area (Å²) in [6.07, 6.45) is 0.715. The molecule has 0 saturated heterocycles. The molecule has 2 rings (SSSR count). The van der Waals surface area contributed by atoms with E-state index in [1.807, 2.05) is 12.1 Å². The molecule has 0 bridgehead atoms. The van der Waals surface area contributed by atoms with Gasteiger partial charge in [-0.3, -0.25) is 0 Å². The Morgan fingerprint density at radius 2 is 1.39 bits per heavy atom. The second-order valence-electron chi connectivity index (χ2n) is 4.55. The van der Waals surface area contributed by atoms with E-state index in [4.69, 9.17) is 0 Å². The highest BCUT2D eigenvalue weighted by Crippen LogP contribution is 2.26. The number of aromatic hydroxyl groups is 3. The van der Waals surface area contributed by atoms with Gasteiger partial charge in [-0.05, 0) is 47.7 Å². The molecule has 2 aromatic rings. The average molecular weight is 244 g/mol. The summed E-state index contributed by atoms with van der Waals surface area (Å²) in [7, 11) is 0. The third-order valence-corrected chi connectivity index (χ3v) is 2.97. The van der Waals surface area contributed by atoms with Gasteiger partial charge in [0.15, 0.2) is 0 Å². The zero-order chi connectivity index (χ0) is 13.1. The standard InChI is InChI=1S/C15H16O3/c1-10(12-2-4-13(16)5-3-12)6-11-7-14(17)9-15(18)8-11/h2-5,7-10,16-18H,6H2,1H3. The van der Waals surface area contributed by atoms with Crippen LogP contribution in [-0.2, 0) is 6.42 Å². The molecule has 2 aromatic carbocycles. The van der Waals surface area contributed by atoms with Crippen LogP contribution in [0.2, 0.25) is 0 Å². The van der Waals surface area contributed by atoms with Crippen molar-refractivity contribution >= 4 is 0 Å². The SMILES string of the molecule is CC(Cc1cc(O)cc(O)c1)c1ccc(O)cc1. The number of phenolic OH excluding ortho intramolecular Hbond substituents is 3. The zero-order valence-corrected chi connectivity index (χ0v) is 10.2. The van der Waals surface area contributed by atoms with Crippen molar-refractivity contribution in [2.45, 2.75) is 19.3 Å². The molecule has 0 fully saturated rings. The Morgan fingerprint density at radius 3 is 1.94 bits per heavy atom. The number of phenols is 3. The van der Waals surface area contributed by atoms with Gasteiger partial charge in [0.05, 0.1) is 0 Å². The van der Waals surface area contributed by atoms with Gasteiger partial charge in [-0.1, -0.05) is 19.1 Å². The van der Waals surface area contributed by atoms with Gasteiger partial charge in [-0.2, -0.15) is 0 Å². The van der Waals surface area contributed by atoms with Gasteiger partial charge >= 0.3 is 0 Å². The lowest BCUT2D eigenvalue weighted by atomic mass is 9.93. The Labute approximate surface area is 106 Å². The molecule has 0 saturated carbocycles. The fraction of sp³-hybridized carbons (Fsp3) is 0.200. The highest BCUT2D eigenvalue weighted by molar-refractivity contribution is 5.38. The quantitative estimate of drug-likeness (QED) is 0.777. The van der Waals surface area contributed by atoms with Crippen LogP contribution in [0.15, 0.2) is 42.5 Å². The minimum absolute atomic E-state index is 0.0721. The van der Waals surface area contributed by atoms with E-state index >= 15 is 0 Å². The lowest BCUT2D eigenvalue weighted by molar-refractivity contribution is 0.449. The molecular weight excluding hydrogens is 228 g/mol. The molecule has 1 atom stereocenters. The van der Waals surface area contributed by atoms with Crippen LogP contribution in [0.5, 0.6) is 17.2 Å². The Kier molecular flexibility index (Phi) is 3.42. The van der Waals surface area contributed by atoms with Crippen LogP contribution in [0.3, 0.4) is 0 Å². The van der Waals surface area contributed by atoms with E-state index in [-0.39, 0.29) is 23.2 Å². The second kappa shape index (κ2) is 5.00. The molecular formula is C15H16O3. The summed E-state index contributed by atoms with van der Waals surface area (Å²) in [6.45, 7) is 2.06. The highest BCUT2D eigenvalue weighted by atomic mass is 16.3. The predicted molar refractivity (Wildman–Crippen MR) is 70.0 cm³/mol. The van der Waals surface area contributed by atoms with Crippen LogP contribution < -0.4 is 0 Å². The summed E-state index contributed by atoms with van der Waals surface area (Å²) < 4.78 is 0. The lowest BCUT2D eigenvalue weighted by Crippen LogP contribution is -1.98. The van der Waals surface area contributed by atoms with E-state index in [0.717, 1.165) is 11.1 Å². The molecule has 18 heavy (non-hydrogen) atoms. The Balaban J connectivity index is 2.15. The first-order chi connectivity index (χ1) is 8.54. The maximum atomic E-state index is 9.42. The van der Waals surface area contributed by atoms with Crippen molar-refractivity contribution in [3.05, 3.63) is 53.6 Å². The summed E-state index contributed by atoms with van der Waals surface area (Å²) in [5.74, 6) is 0.638. The van der Waals surface area contributed by atoms with Gasteiger partial charge in [0.2, 0.25) is 0 Å². The fourth-order valence-corrected chi connectivity index (χ4v) is 2.05. The minimum Gasteiger partial charge on any atom is -0.508 e. The summed E-state index contributed by atoms with van der Waals surface area (Å²) in [4.78, 5) is 0. The predicted octanol–water partition coefficient (Wildman–Crippen LogP) is 3.15. The van der Waals surface area contributed by atoms with E-state index < -0.39 is 0 Å². The molecule has 1 unspecified atom stereocenters. The maximum absolute atomic E-state index is 9.42. The highest BCUT2D eigenvalue weighted by Gasteiger charge is 2.08. The molecule has 94 valence electrons. The van der Waals surface area contributed by atoms with Crippen LogP contribution in [-0.4, -0.2) is 15.3 Å². The molecule has 0 amide bonds. The molecule has 0 aromatic heterocycles. The monoisotopic (exact) mass is 244 g/mol.